The van der Waals surface area contributed by atoms with Crippen molar-refractivity contribution in [1.82, 2.24) is 4.72 Å². The molecule has 0 spiro atoms. The molecule has 1 rings (SSSR count). The maximum Gasteiger partial charge on any atom is 0.240 e. The van der Waals surface area contributed by atoms with Crippen LogP contribution in [0.1, 0.15) is 13.3 Å². The van der Waals surface area contributed by atoms with Crippen LogP contribution in [0.5, 0.6) is 0 Å². The van der Waals surface area contributed by atoms with Crippen molar-refractivity contribution in [1.29, 1.82) is 0 Å². The zero-order valence-electron chi connectivity index (χ0n) is 9.81. The number of benzene rings is 1. The molecule has 0 aliphatic rings. The lowest BCUT2D eigenvalue weighted by Crippen LogP contribution is -2.36. The van der Waals surface area contributed by atoms with E-state index in [1.54, 1.807) is 11.8 Å². The zero-order chi connectivity index (χ0) is 12.9. The van der Waals surface area contributed by atoms with Gasteiger partial charge in [-0.25, -0.2) is 17.5 Å². The average Bonchev–Trinajstić information content (AvgIpc) is 2.28. The minimum atomic E-state index is -3.54. The fourth-order valence-corrected chi connectivity index (χ4v) is 3.48. The van der Waals surface area contributed by atoms with Gasteiger partial charge in [0.25, 0.3) is 0 Å². The predicted octanol–water partition coefficient (Wildman–Crippen LogP) is 2.25. The minimum absolute atomic E-state index is 0.0958. The monoisotopic (exact) mass is 277 g/mol. The molecule has 0 bridgehead atoms. The van der Waals surface area contributed by atoms with Crippen molar-refractivity contribution in [2.75, 3.05) is 12.0 Å². The largest absolute Gasteiger partial charge is 0.240 e. The highest BCUT2D eigenvalue weighted by Gasteiger charge is 2.18. The molecule has 0 aromatic heterocycles. The van der Waals surface area contributed by atoms with Crippen LogP contribution in [0, 0.1) is 5.82 Å². The molecule has 0 heterocycles. The van der Waals surface area contributed by atoms with Crippen LogP contribution < -0.4 is 4.72 Å². The number of hydrogen-bond donors (Lipinski definition) is 1. The molecule has 0 fully saturated rings. The van der Waals surface area contributed by atoms with Crippen molar-refractivity contribution in [3.8, 4) is 0 Å². The van der Waals surface area contributed by atoms with Gasteiger partial charge < -0.3 is 0 Å². The van der Waals surface area contributed by atoms with E-state index in [0.717, 1.165) is 24.3 Å². The summed E-state index contributed by atoms with van der Waals surface area (Å²) in [5.41, 5.74) is 0. The predicted molar refractivity (Wildman–Crippen MR) is 69.2 cm³/mol. The molecule has 0 radical (unpaired) electrons. The molecule has 6 heteroatoms. The molecule has 0 aliphatic carbocycles. The van der Waals surface area contributed by atoms with Crippen LogP contribution in [-0.2, 0) is 10.0 Å². The molecular formula is C11H16FNO2S2. The van der Waals surface area contributed by atoms with Crippen molar-refractivity contribution in [2.24, 2.45) is 0 Å². The molecular weight excluding hydrogens is 261 g/mol. The van der Waals surface area contributed by atoms with E-state index in [9.17, 15) is 12.8 Å². The fraction of sp³-hybridized carbons (Fsp3) is 0.455. The molecule has 3 nitrogen and oxygen atoms in total. The number of rotatable bonds is 6. The van der Waals surface area contributed by atoms with Crippen molar-refractivity contribution in [2.45, 2.75) is 24.3 Å². The SMILES string of the molecule is CCC(CSC)NS(=O)(=O)c1ccc(F)cc1. The highest BCUT2D eigenvalue weighted by molar-refractivity contribution is 7.98. The van der Waals surface area contributed by atoms with Crippen molar-refractivity contribution in [3.05, 3.63) is 30.1 Å². The smallest absolute Gasteiger partial charge is 0.207 e. The Morgan fingerprint density at radius 1 is 1.35 bits per heavy atom. The molecule has 1 aromatic rings. The van der Waals surface area contributed by atoms with E-state index < -0.39 is 15.8 Å². The second-order valence-corrected chi connectivity index (χ2v) is 6.26. The Kier molecular flexibility index (Phi) is 5.42. The summed E-state index contributed by atoms with van der Waals surface area (Å²) in [6, 6.07) is 4.72. The minimum Gasteiger partial charge on any atom is -0.207 e. The molecule has 17 heavy (non-hydrogen) atoms. The van der Waals surface area contributed by atoms with Crippen LogP contribution >= 0.6 is 11.8 Å². The van der Waals surface area contributed by atoms with Gasteiger partial charge in [-0.15, -0.1) is 0 Å². The zero-order valence-corrected chi connectivity index (χ0v) is 11.4. The van der Waals surface area contributed by atoms with E-state index in [0.29, 0.717) is 0 Å². The molecule has 1 aromatic carbocycles. The first-order valence-corrected chi connectivity index (χ1v) is 8.14. The topological polar surface area (TPSA) is 46.2 Å². The van der Waals surface area contributed by atoms with Gasteiger partial charge in [-0.2, -0.15) is 11.8 Å². The number of hydrogen-bond acceptors (Lipinski definition) is 3. The quantitative estimate of drug-likeness (QED) is 0.867. The molecule has 1 N–H and O–H groups in total. The maximum atomic E-state index is 12.7. The maximum absolute atomic E-state index is 12.7. The van der Waals surface area contributed by atoms with Gasteiger partial charge in [0.2, 0.25) is 10.0 Å². The van der Waals surface area contributed by atoms with Crippen LogP contribution in [0.15, 0.2) is 29.2 Å². The Hall–Kier alpha value is -0.590. The summed E-state index contributed by atoms with van der Waals surface area (Å²) < 4.78 is 39.2. The van der Waals surface area contributed by atoms with Gasteiger partial charge in [0.05, 0.1) is 4.90 Å². The van der Waals surface area contributed by atoms with Crippen LogP contribution in [-0.4, -0.2) is 26.5 Å². The third-order valence-electron chi connectivity index (χ3n) is 2.31. The van der Waals surface area contributed by atoms with E-state index in [1.807, 2.05) is 13.2 Å². The lowest BCUT2D eigenvalue weighted by Gasteiger charge is -2.15. The number of halogens is 1. The first-order chi connectivity index (χ1) is 7.99. The number of nitrogens with one attached hydrogen (secondary N) is 1. The highest BCUT2D eigenvalue weighted by Crippen LogP contribution is 2.12. The van der Waals surface area contributed by atoms with Gasteiger partial charge in [0.15, 0.2) is 0 Å². The molecule has 96 valence electrons. The van der Waals surface area contributed by atoms with E-state index in [2.05, 4.69) is 4.72 Å². The summed E-state index contributed by atoms with van der Waals surface area (Å²) >= 11 is 1.59. The Morgan fingerprint density at radius 3 is 2.41 bits per heavy atom. The standard InChI is InChI=1S/C11H16FNO2S2/c1-3-10(8-16-2)13-17(14,15)11-6-4-9(12)5-7-11/h4-7,10,13H,3,8H2,1-2H3. The summed E-state index contributed by atoms with van der Waals surface area (Å²) in [6.45, 7) is 1.92. The molecule has 0 amide bonds. The molecule has 1 atom stereocenters. The second kappa shape index (κ2) is 6.37. The third kappa shape index (κ3) is 4.29. The molecule has 1 unspecified atom stereocenters. The van der Waals surface area contributed by atoms with Crippen LogP contribution in [0.2, 0.25) is 0 Å². The Morgan fingerprint density at radius 2 is 1.94 bits per heavy atom. The summed E-state index contributed by atoms with van der Waals surface area (Å²) in [5.74, 6) is 0.275. The van der Waals surface area contributed by atoms with Gasteiger partial charge in [-0.1, -0.05) is 6.92 Å². The Bertz CT molecular complexity index is 445. The highest BCUT2D eigenvalue weighted by atomic mass is 32.2. The molecule has 0 saturated heterocycles. The Balaban J connectivity index is 2.84. The second-order valence-electron chi connectivity index (χ2n) is 3.64. The first-order valence-electron chi connectivity index (χ1n) is 5.26. The lowest BCUT2D eigenvalue weighted by atomic mass is 10.3. The van der Waals surface area contributed by atoms with Crippen molar-refractivity contribution in [3.63, 3.8) is 0 Å². The van der Waals surface area contributed by atoms with E-state index in [-0.39, 0.29) is 10.9 Å². The van der Waals surface area contributed by atoms with Gasteiger partial charge in [0.1, 0.15) is 5.82 Å². The van der Waals surface area contributed by atoms with Gasteiger partial charge in [0, 0.05) is 11.8 Å². The van der Waals surface area contributed by atoms with Gasteiger partial charge in [-0.05, 0) is 36.9 Å². The third-order valence-corrected chi connectivity index (χ3v) is 4.58. The van der Waals surface area contributed by atoms with Crippen LogP contribution in [0.4, 0.5) is 4.39 Å². The number of sulfonamides is 1. The van der Waals surface area contributed by atoms with E-state index >= 15 is 0 Å². The van der Waals surface area contributed by atoms with Crippen LogP contribution in [0.3, 0.4) is 0 Å². The normalized spacial score (nSPS) is 13.6. The Labute approximate surface area is 106 Å². The lowest BCUT2D eigenvalue weighted by molar-refractivity contribution is 0.557. The summed E-state index contributed by atoms with van der Waals surface area (Å²) in [6.07, 6.45) is 2.65. The average molecular weight is 277 g/mol. The molecule has 0 aliphatic heterocycles. The van der Waals surface area contributed by atoms with Gasteiger partial charge in [-0.3, -0.25) is 0 Å². The number of thioether (sulfide) groups is 1. The van der Waals surface area contributed by atoms with E-state index in [1.165, 1.54) is 12.1 Å². The van der Waals surface area contributed by atoms with Crippen molar-refractivity contribution < 1.29 is 12.8 Å². The van der Waals surface area contributed by atoms with Gasteiger partial charge >= 0.3 is 0 Å². The van der Waals surface area contributed by atoms with E-state index in [4.69, 9.17) is 0 Å². The summed E-state index contributed by atoms with van der Waals surface area (Å²) in [7, 11) is -3.54. The first kappa shape index (κ1) is 14.5. The molecule has 0 saturated carbocycles. The van der Waals surface area contributed by atoms with Crippen LogP contribution in [0.25, 0.3) is 0 Å². The summed E-state index contributed by atoms with van der Waals surface area (Å²) in [4.78, 5) is 0.0958. The van der Waals surface area contributed by atoms with Crippen molar-refractivity contribution >= 4 is 21.8 Å². The summed E-state index contributed by atoms with van der Waals surface area (Å²) in [5, 5.41) is 0. The fourth-order valence-electron chi connectivity index (χ4n) is 1.34.